The van der Waals surface area contributed by atoms with E-state index in [1.807, 2.05) is 12.3 Å². The van der Waals surface area contributed by atoms with Crippen molar-refractivity contribution in [1.82, 2.24) is 4.98 Å². The Morgan fingerprint density at radius 1 is 1.41 bits per heavy atom. The molecule has 0 aliphatic carbocycles. The van der Waals surface area contributed by atoms with Crippen LogP contribution in [0.3, 0.4) is 0 Å². The maximum absolute atomic E-state index is 11.8. The van der Waals surface area contributed by atoms with Crippen molar-refractivity contribution in [3.05, 3.63) is 47.8 Å². The molecule has 1 amide bonds. The Labute approximate surface area is 131 Å². The van der Waals surface area contributed by atoms with Crippen LogP contribution in [0.25, 0.3) is 0 Å². The number of esters is 1. The number of benzene rings is 1. The second-order valence-corrected chi connectivity index (χ2v) is 5.24. The molecule has 0 bridgehead atoms. The molecular formula is C15H13N3O3S. The first-order valence-electron chi connectivity index (χ1n) is 6.37. The Morgan fingerprint density at radius 3 is 2.86 bits per heavy atom. The number of thiocyanates is 1. The molecular weight excluding hydrogens is 302 g/mol. The van der Waals surface area contributed by atoms with E-state index in [2.05, 4.69) is 10.3 Å². The number of aromatic nitrogens is 1. The molecule has 2 aromatic rings. The first-order chi connectivity index (χ1) is 10.6. The minimum atomic E-state index is -0.586. The van der Waals surface area contributed by atoms with Gasteiger partial charge in [-0.25, -0.2) is 4.79 Å². The normalized spacial score (nSPS) is 9.82. The van der Waals surface area contributed by atoms with E-state index in [1.54, 1.807) is 36.5 Å². The summed E-state index contributed by atoms with van der Waals surface area (Å²) in [6.07, 6.45) is 1.60. The number of carbonyl (C=O) groups excluding carboxylic acids is 2. The Hall–Kier alpha value is -2.72. The molecule has 0 atom stereocenters. The topological polar surface area (TPSA) is 95.0 Å². The highest BCUT2D eigenvalue weighted by molar-refractivity contribution is 8.03. The molecule has 1 heterocycles. The second kappa shape index (κ2) is 7.33. The lowest BCUT2D eigenvalue weighted by atomic mass is 10.2. The summed E-state index contributed by atoms with van der Waals surface area (Å²) in [5, 5.41) is 13.3. The van der Waals surface area contributed by atoms with Gasteiger partial charge in [-0.2, -0.15) is 5.26 Å². The number of anilines is 1. The SMILES string of the molecule is Cc1cc(SC#N)ccc1NC(=O)COC(=O)c1ccc[nH]1. The van der Waals surface area contributed by atoms with Gasteiger partial charge >= 0.3 is 5.97 Å². The summed E-state index contributed by atoms with van der Waals surface area (Å²) >= 11 is 1.05. The summed E-state index contributed by atoms with van der Waals surface area (Å²) in [6.45, 7) is 1.45. The monoisotopic (exact) mass is 315 g/mol. The first-order valence-corrected chi connectivity index (χ1v) is 7.19. The Kier molecular flexibility index (Phi) is 5.22. The summed E-state index contributed by atoms with van der Waals surface area (Å²) in [5.41, 5.74) is 1.73. The highest BCUT2D eigenvalue weighted by Gasteiger charge is 2.11. The number of aromatic amines is 1. The van der Waals surface area contributed by atoms with Crippen LogP contribution in [-0.4, -0.2) is 23.5 Å². The van der Waals surface area contributed by atoms with Gasteiger partial charge in [0.25, 0.3) is 5.91 Å². The van der Waals surface area contributed by atoms with E-state index in [4.69, 9.17) is 10.00 Å². The van der Waals surface area contributed by atoms with Crippen molar-refractivity contribution in [2.45, 2.75) is 11.8 Å². The number of nitriles is 1. The number of amides is 1. The fraction of sp³-hybridized carbons (Fsp3) is 0.133. The maximum atomic E-state index is 11.8. The number of aryl methyl sites for hydroxylation is 1. The van der Waals surface area contributed by atoms with Gasteiger partial charge in [0.05, 0.1) is 0 Å². The van der Waals surface area contributed by atoms with E-state index in [0.717, 1.165) is 22.2 Å². The molecule has 2 N–H and O–H groups in total. The molecule has 0 aliphatic rings. The van der Waals surface area contributed by atoms with Gasteiger partial charge in [-0.05, 0) is 54.6 Å². The Bertz CT molecular complexity index is 720. The van der Waals surface area contributed by atoms with Gasteiger partial charge in [-0.15, -0.1) is 0 Å². The second-order valence-electron chi connectivity index (χ2n) is 4.38. The molecule has 0 radical (unpaired) electrons. The maximum Gasteiger partial charge on any atom is 0.355 e. The lowest BCUT2D eigenvalue weighted by molar-refractivity contribution is -0.119. The van der Waals surface area contributed by atoms with Crippen LogP contribution in [0.1, 0.15) is 16.1 Å². The largest absolute Gasteiger partial charge is 0.451 e. The predicted molar refractivity (Wildman–Crippen MR) is 82.4 cm³/mol. The zero-order valence-electron chi connectivity index (χ0n) is 11.8. The van der Waals surface area contributed by atoms with Crippen LogP contribution < -0.4 is 5.32 Å². The number of hydrogen-bond acceptors (Lipinski definition) is 5. The number of H-pyrrole nitrogens is 1. The number of rotatable bonds is 5. The van der Waals surface area contributed by atoms with Gasteiger partial charge in [-0.1, -0.05) is 0 Å². The van der Waals surface area contributed by atoms with Gasteiger partial charge in [0.15, 0.2) is 6.61 Å². The summed E-state index contributed by atoms with van der Waals surface area (Å²) in [5.74, 6) is -1.01. The Morgan fingerprint density at radius 2 is 2.23 bits per heavy atom. The number of carbonyl (C=O) groups is 2. The average molecular weight is 315 g/mol. The van der Waals surface area contributed by atoms with Crippen LogP contribution in [0, 0.1) is 17.6 Å². The minimum absolute atomic E-state index is 0.293. The van der Waals surface area contributed by atoms with E-state index in [9.17, 15) is 9.59 Å². The number of hydrogen-bond donors (Lipinski definition) is 2. The molecule has 2 rings (SSSR count). The van der Waals surface area contributed by atoms with Gasteiger partial charge in [0.1, 0.15) is 11.1 Å². The van der Waals surface area contributed by atoms with Crippen molar-refractivity contribution in [3.63, 3.8) is 0 Å². The third-order valence-corrected chi connectivity index (χ3v) is 3.37. The smallest absolute Gasteiger partial charge is 0.355 e. The van der Waals surface area contributed by atoms with Crippen molar-refractivity contribution >= 4 is 29.3 Å². The molecule has 0 unspecified atom stereocenters. The summed E-state index contributed by atoms with van der Waals surface area (Å²) in [7, 11) is 0. The van der Waals surface area contributed by atoms with Crippen LogP contribution >= 0.6 is 11.8 Å². The van der Waals surface area contributed by atoms with Crippen molar-refractivity contribution in [1.29, 1.82) is 5.26 Å². The van der Waals surface area contributed by atoms with E-state index < -0.39 is 11.9 Å². The van der Waals surface area contributed by atoms with E-state index in [1.165, 1.54) is 0 Å². The zero-order valence-corrected chi connectivity index (χ0v) is 12.6. The molecule has 6 nitrogen and oxygen atoms in total. The molecule has 112 valence electrons. The summed E-state index contributed by atoms with van der Waals surface area (Å²) < 4.78 is 4.89. The molecule has 0 fully saturated rings. The number of ether oxygens (including phenoxy) is 1. The third-order valence-electron chi connectivity index (χ3n) is 2.79. The van der Waals surface area contributed by atoms with E-state index in [0.29, 0.717) is 11.4 Å². The molecule has 0 spiro atoms. The fourth-order valence-electron chi connectivity index (χ4n) is 1.75. The third kappa shape index (κ3) is 4.14. The Balaban J connectivity index is 1.89. The van der Waals surface area contributed by atoms with E-state index >= 15 is 0 Å². The van der Waals surface area contributed by atoms with Gasteiger partial charge in [0, 0.05) is 16.8 Å². The van der Waals surface area contributed by atoms with Crippen LogP contribution in [0.5, 0.6) is 0 Å². The minimum Gasteiger partial charge on any atom is -0.451 e. The number of nitrogens with one attached hydrogen (secondary N) is 2. The van der Waals surface area contributed by atoms with Crippen LogP contribution in [0.2, 0.25) is 0 Å². The first kappa shape index (κ1) is 15.7. The number of thioether (sulfide) groups is 1. The summed E-state index contributed by atoms with van der Waals surface area (Å²) in [4.78, 5) is 26.9. The zero-order chi connectivity index (χ0) is 15.9. The van der Waals surface area contributed by atoms with Gasteiger partial charge in [0.2, 0.25) is 0 Å². The molecule has 0 saturated heterocycles. The highest BCUT2D eigenvalue weighted by atomic mass is 32.2. The molecule has 1 aromatic carbocycles. The standard InChI is InChI=1S/C15H13N3O3S/c1-10-7-11(22-9-16)4-5-12(10)18-14(19)8-21-15(20)13-3-2-6-17-13/h2-7,17H,8H2,1H3,(H,18,19). The lowest BCUT2D eigenvalue weighted by Crippen LogP contribution is -2.21. The molecule has 22 heavy (non-hydrogen) atoms. The number of nitrogens with zero attached hydrogens (tertiary/aromatic N) is 1. The van der Waals surface area contributed by atoms with Crippen molar-refractivity contribution in [3.8, 4) is 5.40 Å². The summed E-state index contributed by atoms with van der Waals surface area (Å²) in [6, 6.07) is 8.48. The lowest BCUT2D eigenvalue weighted by Gasteiger charge is -2.09. The van der Waals surface area contributed by atoms with Gasteiger partial charge in [-0.3, -0.25) is 4.79 Å². The van der Waals surface area contributed by atoms with Crippen molar-refractivity contribution in [2.24, 2.45) is 0 Å². The molecule has 0 aliphatic heterocycles. The predicted octanol–water partition coefficient (Wildman–Crippen LogP) is 2.69. The van der Waals surface area contributed by atoms with E-state index in [-0.39, 0.29) is 6.61 Å². The average Bonchev–Trinajstić information content (AvgIpc) is 3.02. The van der Waals surface area contributed by atoms with Crippen molar-refractivity contribution < 1.29 is 14.3 Å². The molecule has 0 saturated carbocycles. The quantitative estimate of drug-likeness (QED) is 0.502. The fourth-order valence-corrected chi connectivity index (χ4v) is 2.22. The van der Waals surface area contributed by atoms with Crippen LogP contribution in [0.4, 0.5) is 5.69 Å². The molecule has 1 aromatic heterocycles. The molecule has 7 heteroatoms. The highest BCUT2D eigenvalue weighted by Crippen LogP contribution is 2.23. The van der Waals surface area contributed by atoms with Gasteiger partial charge < -0.3 is 15.0 Å². The van der Waals surface area contributed by atoms with Crippen LogP contribution in [-0.2, 0) is 9.53 Å². The van der Waals surface area contributed by atoms with Crippen molar-refractivity contribution in [2.75, 3.05) is 11.9 Å². The van der Waals surface area contributed by atoms with Crippen LogP contribution in [0.15, 0.2) is 41.4 Å².